The Morgan fingerprint density at radius 1 is 0.731 bits per heavy atom. The highest BCUT2D eigenvalue weighted by molar-refractivity contribution is 5.67. The second kappa shape index (κ2) is 17.4. The van der Waals surface area contributed by atoms with Crippen molar-refractivity contribution in [2.75, 3.05) is 79.2 Å². The normalized spacial score (nSPS) is 11.5. The fourth-order valence-corrected chi connectivity index (χ4v) is 1.60. The van der Waals surface area contributed by atoms with Crippen molar-refractivity contribution in [1.29, 1.82) is 0 Å². The molecular weight excluding hydrogens is 344 g/mol. The van der Waals surface area contributed by atoms with E-state index in [1.165, 1.54) is 0 Å². The summed E-state index contributed by atoms with van der Waals surface area (Å²) in [6.07, 6.45) is -0.443. The van der Waals surface area contributed by atoms with Crippen LogP contribution in [-0.4, -0.2) is 90.9 Å². The molecule has 0 aromatic carbocycles. The maximum Gasteiger partial charge on any atom is 0.407 e. The third kappa shape index (κ3) is 21.1. The van der Waals surface area contributed by atoms with Crippen molar-refractivity contribution in [2.24, 2.45) is 5.73 Å². The van der Waals surface area contributed by atoms with Crippen molar-refractivity contribution in [3.05, 3.63) is 0 Å². The topological polar surface area (TPSA) is 111 Å². The average molecular weight is 380 g/mol. The van der Waals surface area contributed by atoms with Crippen LogP contribution in [0.5, 0.6) is 0 Å². The maximum absolute atomic E-state index is 11.4. The minimum absolute atomic E-state index is 0.398. The molecule has 0 saturated heterocycles. The summed E-state index contributed by atoms with van der Waals surface area (Å²) in [6, 6.07) is 0. The monoisotopic (exact) mass is 380 g/mol. The van der Waals surface area contributed by atoms with Crippen LogP contribution < -0.4 is 11.1 Å². The maximum atomic E-state index is 11.4. The van der Waals surface area contributed by atoms with Gasteiger partial charge in [0.25, 0.3) is 0 Å². The van der Waals surface area contributed by atoms with Gasteiger partial charge in [-0.05, 0) is 20.8 Å². The lowest BCUT2D eigenvalue weighted by Gasteiger charge is -2.19. The highest BCUT2D eigenvalue weighted by Gasteiger charge is 2.15. The van der Waals surface area contributed by atoms with Gasteiger partial charge in [0.1, 0.15) is 5.60 Å². The van der Waals surface area contributed by atoms with E-state index in [0.717, 1.165) is 0 Å². The van der Waals surface area contributed by atoms with E-state index in [1.54, 1.807) is 0 Å². The van der Waals surface area contributed by atoms with Gasteiger partial charge in [-0.15, -0.1) is 0 Å². The number of carbonyl (C=O) groups is 1. The number of alkyl carbamates (subject to hydrolysis) is 1. The Kier molecular flexibility index (Phi) is 16.8. The SMILES string of the molecule is CC(C)(C)OC(=O)NCCOCCOCCOCCOCCOCCN. The number of rotatable bonds is 17. The van der Waals surface area contributed by atoms with Crippen molar-refractivity contribution in [2.45, 2.75) is 26.4 Å². The van der Waals surface area contributed by atoms with Gasteiger partial charge in [0.2, 0.25) is 0 Å². The predicted octanol–water partition coefficient (Wildman–Crippen LogP) is 0.553. The molecule has 0 heterocycles. The molecule has 0 rings (SSSR count). The molecule has 0 saturated carbocycles. The molecule has 0 radical (unpaired) electrons. The summed E-state index contributed by atoms with van der Waals surface area (Å²) in [7, 11) is 0. The third-order valence-corrected chi connectivity index (χ3v) is 2.66. The van der Waals surface area contributed by atoms with Crippen molar-refractivity contribution >= 4 is 6.09 Å². The first-order valence-electron chi connectivity index (χ1n) is 9.01. The molecule has 3 N–H and O–H groups in total. The summed E-state index contributed by atoms with van der Waals surface area (Å²) in [5.41, 5.74) is 4.80. The zero-order valence-electron chi connectivity index (χ0n) is 16.4. The van der Waals surface area contributed by atoms with Crippen molar-refractivity contribution in [1.82, 2.24) is 5.32 Å². The van der Waals surface area contributed by atoms with Gasteiger partial charge < -0.3 is 39.5 Å². The minimum atomic E-state index is -0.494. The zero-order valence-corrected chi connectivity index (χ0v) is 16.4. The number of amides is 1. The molecule has 0 aliphatic rings. The molecule has 0 spiro atoms. The first-order valence-corrected chi connectivity index (χ1v) is 9.01. The molecule has 0 atom stereocenters. The zero-order chi connectivity index (χ0) is 19.5. The van der Waals surface area contributed by atoms with Gasteiger partial charge in [0.15, 0.2) is 0 Å². The van der Waals surface area contributed by atoms with E-state index >= 15 is 0 Å². The fourth-order valence-electron chi connectivity index (χ4n) is 1.60. The quantitative estimate of drug-likeness (QED) is 0.352. The Morgan fingerprint density at radius 2 is 1.12 bits per heavy atom. The summed E-state index contributed by atoms with van der Waals surface area (Å²) >= 11 is 0. The van der Waals surface area contributed by atoms with E-state index < -0.39 is 11.7 Å². The summed E-state index contributed by atoms with van der Waals surface area (Å²) < 4.78 is 31.7. The predicted molar refractivity (Wildman–Crippen MR) is 97.4 cm³/mol. The number of ether oxygens (including phenoxy) is 6. The van der Waals surface area contributed by atoms with Gasteiger partial charge in [-0.3, -0.25) is 0 Å². The van der Waals surface area contributed by atoms with E-state index in [0.29, 0.717) is 79.2 Å². The summed E-state index contributed by atoms with van der Waals surface area (Å²) in [4.78, 5) is 11.4. The van der Waals surface area contributed by atoms with Gasteiger partial charge in [-0.1, -0.05) is 0 Å². The third-order valence-electron chi connectivity index (χ3n) is 2.66. The summed E-state index contributed by atoms with van der Waals surface area (Å²) in [5, 5.41) is 2.62. The molecule has 0 bridgehead atoms. The molecular formula is C17H36N2O7. The van der Waals surface area contributed by atoms with E-state index in [2.05, 4.69) is 5.32 Å². The summed E-state index contributed by atoms with van der Waals surface area (Å²) in [5.74, 6) is 0. The highest BCUT2D eigenvalue weighted by Crippen LogP contribution is 2.05. The highest BCUT2D eigenvalue weighted by atomic mass is 16.6. The van der Waals surface area contributed by atoms with Crippen molar-refractivity contribution in [3.8, 4) is 0 Å². The molecule has 9 nitrogen and oxygen atoms in total. The van der Waals surface area contributed by atoms with E-state index in [4.69, 9.17) is 34.2 Å². The van der Waals surface area contributed by atoms with E-state index in [1.807, 2.05) is 20.8 Å². The van der Waals surface area contributed by atoms with E-state index in [9.17, 15) is 4.79 Å². The Hall–Kier alpha value is -0.970. The van der Waals surface area contributed by atoms with Gasteiger partial charge in [0, 0.05) is 13.1 Å². The Labute approximate surface area is 156 Å². The molecule has 0 fully saturated rings. The average Bonchev–Trinajstić information content (AvgIpc) is 2.56. The summed E-state index contributed by atoms with van der Waals surface area (Å²) in [6.45, 7) is 11.4. The van der Waals surface area contributed by atoms with E-state index in [-0.39, 0.29) is 0 Å². The van der Waals surface area contributed by atoms with Crippen LogP contribution in [0, 0.1) is 0 Å². The number of nitrogens with one attached hydrogen (secondary N) is 1. The van der Waals surface area contributed by atoms with Crippen LogP contribution in [0.1, 0.15) is 20.8 Å². The van der Waals surface area contributed by atoms with Gasteiger partial charge >= 0.3 is 6.09 Å². The lowest BCUT2D eigenvalue weighted by atomic mass is 10.2. The van der Waals surface area contributed by atoms with Crippen LogP contribution >= 0.6 is 0 Å². The molecule has 26 heavy (non-hydrogen) atoms. The molecule has 1 amide bonds. The molecule has 156 valence electrons. The van der Waals surface area contributed by atoms with Crippen LogP contribution in [0.4, 0.5) is 4.79 Å². The fraction of sp³-hybridized carbons (Fsp3) is 0.941. The van der Waals surface area contributed by atoms with Crippen molar-refractivity contribution in [3.63, 3.8) is 0 Å². The second-order valence-electron chi connectivity index (χ2n) is 6.28. The Bertz CT molecular complexity index is 325. The largest absolute Gasteiger partial charge is 0.444 e. The number of hydrogen-bond donors (Lipinski definition) is 2. The van der Waals surface area contributed by atoms with Crippen LogP contribution in [0.3, 0.4) is 0 Å². The number of hydrogen-bond acceptors (Lipinski definition) is 8. The van der Waals surface area contributed by atoms with Crippen molar-refractivity contribution < 1.29 is 33.2 Å². The smallest absolute Gasteiger partial charge is 0.407 e. The molecule has 0 aromatic heterocycles. The number of nitrogens with two attached hydrogens (primary N) is 1. The lowest BCUT2D eigenvalue weighted by molar-refractivity contribution is -0.0104. The standard InChI is InChI=1S/C17H36N2O7/c1-17(2,3)26-16(20)19-5-7-22-9-11-24-13-15-25-14-12-23-10-8-21-6-4-18/h4-15,18H2,1-3H3,(H,19,20). The Morgan fingerprint density at radius 3 is 1.50 bits per heavy atom. The van der Waals surface area contributed by atoms with Gasteiger partial charge in [-0.2, -0.15) is 0 Å². The van der Waals surface area contributed by atoms with Crippen LogP contribution in [0.15, 0.2) is 0 Å². The van der Waals surface area contributed by atoms with Crippen LogP contribution in [0.2, 0.25) is 0 Å². The first kappa shape index (κ1) is 25.0. The van der Waals surface area contributed by atoms with Crippen LogP contribution in [0.25, 0.3) is 0 Å². The lowest BCUT2D eigenvalue weighted by Crippen LogP contribution is -2.34. The van der Waals surface area contributed by atoms with Gasteiger partial charge in [0.05, 0.1) is 66.1 Å². The molecule has 0 aliphatic heterocycles. The number of carbonyl (C=O) groups excluding carboxylic acids is 1. The van der Waals surface area contributed by atoms with Gasteiger partial charge in [-0.25, -0.2) is 4.79 Å². The first-order chi connectivity index (χ1) is 12.5. The second-order valence-corrected chi connectivity index (χ2v) is 6.28. The minimum Gasteiger partial charge on any atom is -0.444 e. The molecule has 0 aliphatic carbocycles. The van der Waals surface area contributed by atoms with Crippen LogP contribution in [-0.2, 0) is 28.4 Å². The Balaban J connectivity index is 3.12. The molecule has 9 heteroatoms. The molecule has 0 aromatic rings. The molecule has 0 unspecified atom stereocenters.